The number of thiazole rings is 1. The molecule has 3 rings (SSSR count). The van der Waals surface area contributed by atoms with E-state index in [1.165, 1.54) is 12.1 Å². The number of amides is 1. The standard InChI is InChI=1S/C16H18Cl2N4O3S2/c17-12-4-1-5-13(18)15(12)27(24,25)21-10-14(23)20-9-11-3-2-7-22(11)16-19-6-8-26-16/h1,4-6,8,11,21H,2-3,7,9-10H2,(H,20,23). The van der Waals surface area contributed by atoms with Crippen LogP contribution in [0.3, 0.4) is 0 Å². The monoisotopic (exact) mass is 448 g/mol. The number of carbonyl (C=O) groups excluding carboxylic acids is 1. The van der Waals surface area contributed by atoms with Gasteiger partial charge in [0.15, 0.2) is 5.13 Å². The van der Waals surface area contributed by atoms with Crippen LogP contribution in [-0.4, -0.2) is 45.0 Å². The molecule has 11 heteroatoms. The van der Waals surface area contributed by atoms with E-state index in [0.717, 1.165) is 24.5 Å². The zero-order valence-electron chi connectivity index (χ0n) is 14.2. The molecule has 1 saturated heterocycles. The topological polar surface area (TPSA) is 91.4 Å². The van der Waals surface area contributed by atoms with Gasteiger partial charge in [0, 0.05) is 30.7 Å². The van der Waals surface area contributed by atoms with Crippen LogP contribution in [0.1, 0.15) is 12.8 Å². The molecule has 1 aromatic heterocycles. The number of hydrogen-bond donors (Lipinski definition) is 2. The summed E-state index contributed by atoms with van der Waals surface area (Å²) < 4.78 is 27.0. The van der Waals surface area contributed by atoms with Gasteiger partial charge in [-0.25, -0.2) is 18.1 Å². The molecular weight excluding hydrogens is 431 g/mol. The summed E-state index contributed by atoms with van der Waals surface area (Å²) in [5.41, 5.74) is 0. The maximum atomic E-state index is 12.4. The molecule has 0 radical (unpaired) electrons. The summed E-state index contributed by atoms with van der Waals surface area (Å²) in [4.78, 5) is 18.4. The summed E-state index contributed by atoms with van der Waals surface area (Å²) in [5.74, 6) is -0.423. The number of nitrogens with zero attached hydrogens (tertiary/aromatic N) is 2. The smallest absolute Gasteiger partial charge is 0.244 e. The Balaban J connectivity index is 1.54. The number of carbonyl (C=O) groups is 1. The van der Waals surface area contributed by atoms with Gasteiger partial charge < -0.3 is 10.2 Å². The normalized spacial score (nSPS) is 17.3. The van der Waals surface area contributed by atoms with E-state index < -0.39 is 22.5 Å². The van der Waals surface area contributed by atoms with Crippen LogP contribution in [0.25, 0.3) is 0 Å². The molecule has 1 aliphatic rings. The highest BCUT2D eigenvalue weighted by molar-refractivity contribution is 7.89. The molecule has 27 heavy (non-hydrogen) atoms. The van der Waals surface area contributed by atoms with E-state index in [-0.39, 0.29) is 21.0 Å². The summed E-state index contributed by atoms with van der Waals surface area (Å²) in [6.45, 7) is 0.923. The molecule has 1 aliphatic heterocycles. The minimum absolute atomic E-state index is 0.000420. The van der Waals surface area contributed by atoms with Crippen molar-refractivity contribution in [1.29, 1.82) is 0 Å². The van der Waals surface area contributed by atoms with Crippen LogP contribution in [-0.2, 0) is 14.8 Å². The van der Waals surface area contributed by atoms with Crippen LogP contribution < -0.4 is 14.9 Å². The van der Waals surface area contributed by atoms with Crippen molar-refractivity contribution in [2.24, 2.45) is 0 Å². The van der Waals surface area contributed by atoms with Crippen LogP contribution in [0, 0.1) is 0 Å². The summed E-state index contributed by atoms with van der Waals surface area (Å²) in [7, 11) is -3.99. The van der Waals surface area contributed by atoms with Gasteiger partial charge in [-0.05, 0) is 25.0 Å². The molecule has 2 heterocycles. The quantitative estimate of drug-likeness (QED) is 0.678. The third-order valence-electron chi connectivity index (χ3n) is 4.19. The number of hydrogen-bond acceptors (Lipinski definition) is 6. The summed E-state index contributed by atoms with van der Waals surface area (Å²) >= 11 is 13.4. The van der Waals surface area contributed by atoms with E-state index in [1.54, 1.807) is 23.6 Å². The Morgan fingerprint density at radius 2 is 2.07 bits per heavy atom. The van der Waals surface area contributed by atoms with Gasteiger partial charge in [-0.15, -0.1) is 11.3 Å². The lowest BCUT2D eigenvalue weighted by atomic mass is 10.2. The van der Waals surface area contributed by atoms with Crippen molar-refractivity contribution in [3.05, 3.63) is 39.8 Å². The molecule has 146 valence electrons. The highest BCUT2D eigenvalue weighted by atomic mass is 35.5. The predicted molar refractivity (Wildman–Crippen MR) is 107 cm³/mol. The van der Waals surface area contributed by atoms with Crippen molar-refractivity contribution >= 4 is 55.6 Å². The molecule has 1 aromatic carbocycles. The second kappa shape index (κ2) is 8.74. The highest BCUT2D eigenvalue weighted by Crippen LogP contribution is 2.29. The molecule has 1 atom stereocenters. The first kappa shape index (κ1) is 20.3. The van der Waals surface area contributed by atoms with E-state index in [4.69, 9.17) is 23.2 Å². The third-order valence-corrected chi connectivity index (χ3v) is 7.35. The lowest BCUT2D eigenvalue weighted by molar-refractivity contribution is -0.120. The highest BCUT2D eigenvalue weighted by Gasteiger charge is 2.27. The number of aromatic nitrogens is 1. The minimum atomic E-state index is -3.99. The Kier molecular flexibility index (Phi) is 6.59. The molecule has 0 saturated carbocycles. The van der Waals surface area contributed by atoms with Gasteiger partial charge in [0.2, 0.25) is 15.9 Å². The maximum absolute atomic E-state index is 12.4. The molecule has 0 spiro atoms. The second-order valence-corrected chi connectivity index (χ2v) is 9.37. The fourth-order valence-corrected chi connectivity index (χ4v) is 5.79. The number of anilines is 1. The first-order chi connectivity index (χ1) is 12.9. The summed E-state index contributed by atoms with van der Waals surface area (Å²) in [6.07, 6.45) is 3.72. The van der Waals surface area contributed by atoms with E-state index >= 15 is 0 Å². The van der Waals surface area contributed by atoms with Gasteiger partial charge in [0.25, 0.3) is 0 Å². The van der Waals surface area contributed by atoms with Gasteiger partial charge in [0.05, 0.1) is 16.6 Å². The Morgan fingerprint density at radius 1 is 1.33 bits per heavy atom. The number of benzene rings is 1. The van der Waals surface area contributed by atoms with Crippen molar-refractivity contribution in [2.45, 2.75) is 23.8 Å². The summed E-state index contributed by atoms with van der Waals surface area (Å²) in [6, 6.07) is 4.55. The molecule has 1 amide bonds. The fourth-order valence-electron chi connectivity index (χ4n) is 2.92. The lowest BCUT2D eigenvalue weighted by Crippen LogP contribution is -2.43. The average Bonchev–Trinajstić information content (AvgIpc) is 3.28. The molecule has 7 nitrogen and oxygen atoms in total. The number of sulfonamides is 1. The van der Waals surface area contributed by atoms with Crippen molar-refractivity contribution in [2.75, 3.05) is 24.5 Å². The van der Waals surface area contributed by atoms with Crippen LogP contribution in [0.4, 0.5) is 5.13 Å². The Bertz CT molecular complexity index is 886. The van der Waals surface area contributed by atoms with E-state index in [1.807, 2.05) is 5.38 Å². The molecule has 1 unspecified atom stereocenters. The number of rotatable bonds is 7. The van der Waals surface area contributed by atoms with Crippen LogP contribution >= 0.6 is 34.5 Å². The molecule has 1 fully saturated rings. The van der Waals surface area contributed by atoms with Crippen molar-refractivity contribution < 1.29 is 13.2 Å². The van der Waals surface area contributed by atoms with Gasteiger partial charge in [-0.1, -0.05) is 29.3 Å². The van der Waals surface area contributed by atoms with Crippen molar-refractivity contribution in [1.82, 2.24) is 15.0 Å². The van der Waals surface area contributed by atoms with Crippen molar-refractivity contribution in [3.63, 3.8) is 0 Å². The Morgan fingerprint density at radius 3 is 2.74 bits per heavy atom. The first-order valence-corrected chi connectivity index (χ1v) is 11.4. The number of halogens is 2. The van der Waals surface area contributed by atoms with Crippen LogP contribution in [0.15, 0.2) is 34.7 Å². The lowest BCUT2D eigenvalue weighted by Gasteiger charge is -2.24. The Labute approximate surface area is 171 Å². The molecule has 0 bridgehead atoms. The predicted octanol–water partition coefficient (Wildman–Crippen LogP) is 2.51. The molecular formula is C16H18Cl2N4O3S2. The molecule has 2 N–H and O–H groups in total. The fraction of sp³-hybridized carbons (Fsp3) is 0.375. The zero-order chi connectivity index (χ0) is 19.4. The van der Waals surface area contributed by atoms with E-state index in [2.05, 4.69) is 19.9 Å². The zero-order valence-corrected chi connectivity index (χ0v) is 17.3. The largest absolute Gasteiger partial charge is 0.353 e. The van der Waals surface area contributed by atoms with E-state index in [9.17, 15) is 13.2 Å². The van der Waals surface area contributed by atoms with Gasteiger partial charge in [-0.3, -0.25) is 4.79 Å². The van der Waals surface area contributed by atoms with Crippen LogP contribution in [0.5, 0.6) is 0 Å². The SMILES string of the molecule is O=C(CNS(=O)(=O)c1c(Cl)cccc1Cl)NCC1CCCN1c1nccs1. The average molecular weight is 449 g/mol. The van der Waals surface area contributed by atoms with Gasteiger partial charge in [0.1, 0.15) is 4.90 Å². The third kappa shape index (κ3) is 4.91. The number of nitrogens with one attached hydrogen (secondary N) is 2. The van der Waals surface area contributed by atoms with Gasteiger partial charge in [-0.2, -0.15) is 0 Å². The van der Waals surface area contributed by atoms with Crippen molar-refractivity contribution in [3.8, 4) is 0 Å². The Hall–Kier alpha value is -1.39. The molecule has 0 aliphatic carbocycles. The van der Waals surface area contributed by atoms with Gasteiger partial charge >= 0.3 is 0 Å². The maximum Gasteiger partial charge on any atom is 0.244 e. The summed E-state index contributed by atoms with van der Waals surface area (Å²) in [5, 5.41) is 5.62. The minimum Gasteiger partial charge on any atom is -0.353 e. The molecule has 2 aromatic rings. The first-order valence-electron chi connectivity index (χ1n) is 8.25. The van der Waals surface area contributed by atoms with Crippen LogP contribution in [0.2, 0.25) is 10.0 Å². The second-order valence-electron chi connectivity index (χ2n) is 5.98. The van der Waals surface area contributed by atoms with E-state index in [0.29, 0.717) is 6.54 Å².